The van der Waals surface area contributed by atoms with Crippen LogP contribution in [0.2, 0.25) is 0 Å². The highest BCUT2D eigenvalue weighted by Gasteiger charge is 2.40. The molecular formula is C57H45N. The molecule has 0 N–H and O–H groups in total. The standard InChI is InChI=1S/C57H45N/c1-36-33-39(43-25-14-19-37-17-6-8-21-41(37)43)34-48(44-26-15-20-38-18-7-9-22-42(38)44)55(36)58(40-31-32-46-45-23-10-12-27-49(45)57(4,5)52(46)35-40)53-30-16-29-51-54(53)47-24-11-13-28-50(47)56(51,2)3/h6-35H,1-5H3. The van der Waals surface area contributed by atoms with Crippen LogP contribution >= 0.6 is 0 Å². The molecule has 11 rings (SSSR count). The fourth-order valence-corrected chi connectivity index (χ4v) is 10.5. The van der Waals surface area contributed by atoms with Crippen LogP contribution in [-0.4, -0.2) is 0 Å². The van der Waals surface area contributed by atoms with Gasteiger partial charge in [0.2, 0.25) is 0 Å². The molecule has 0 aliphatic heterocycles. The topological polar surface area (TPSA) is 3.24 Å². The minimum absolute atomic E-state index is 0.138. The van der Waals surface area contributed by atoms with E-state index in [0.717, 1.165) is 5.69 Å². The molecule has 0 spiro atoms. The highest BCUT2D eigenvalue weighted by atomic mass is 15.2. The van der Waals surface area contributed by atoms with Crippen LogP contribution in [0.3, 0.4) is 0 Å². The minimum atomic E-state index is -0.146. The van der Waals surface area contributed by atoms with Gasteiger partial charge in [-0.05, 0) is 120 Å². The third-order valence-electron chi connectivity index (χ3n) is 13.4. The summed E-state index contributed by atoms with van der Waals surface area (Å²) in [7, 11) is 0. The van der Waals surface area contributed by atoms with E-state index in [9.17, 15) is 0 Å². The molecule has 9 aromatic carbocycles. The maximum atomic E-state index is 2.61. The molecule has 0 saturated heterocycles. The first-order valence-electron chi connectivity index (χ1n) is 20.6. The van der Waals surface area contributed by atoms with E-state index in [1.54, 1.807) is 0 Å². The van der Waals surface area contributed by atoms with Crippen LogP contribution in [0.4, 0.5) is 17.1 Å². The van der Waals surface area contributed by atoms with Crippen LogP contribution in [0.1, 0.15) is 55.5 Å². The van der Waals surface area contributed by atoms with Crippen molar-refractivity contribution < 1.29 is 0 Å². The van der Waals surface area contributed by atoms with Crippen molar-refractivity contribution in [3.63, 3.8) is 0 Å². The summed E-state index contributed by atoms with van der Waals surface area (Å²) in [5, 5.41) is 4.99. The number of benzene rings is 9. The first kappa shape index (κ1) is 34.5. The maximum absolute atomic E-state index is 2.61. The van der Waals surface area contributed by atoms with Crippen molar-refractivity contribution in [1.82, 2.24) is 0 Å². The van der Waals surface area contributed by atoms with Crippen molar-refractivity contribution >= 4 is 38.6 Å². The number of anilines is 3. The van der Waals surface area contributed by atoms with Crippen LogP contribution in [0.15, 0.2) is 182 Å². The molecule has 0 radical (unpaired) electrons. The van der Waals surface area contributed by atoms with Gasteiger partial charge in [0.15, 0.2) is 0 Å². The smallest absolute Gasteiger partial charge is 0.0570 e. The van der Waals surface area contributed by atoms with Crippen molar-refractivity contribution in [2.75, 3.05) is 4.90 Å². The third-order valence-corrected chi connectivity index (χ3v) is 13.4. The number of rotatable bonds is 5. The molecule has 0 fully saturated rings. The second-order valence-electron chi connectivity index (χ2n) is 17.3. The summed E-state index contributed by atoms with van der Waals surface area (Å²) in [6, 6.07) is 68.2. The number of hydrogen-bond donors (Lipinski definition) is 0. The summed E-state index contributed by atoms with van der Waals surface area (Å²) in [5.74, 6) is 0. The monoisotopic (exact) mass is 743 g/mol. The van der Waals surface area contributed by atoms with Gasteiger partial charge in [0.25, 0.3) is 0 Å². The summed E-state index contributed by atoms with van der Waals surface area (Å²) < 4.78 is 0. The van der Waals surface area contributed by atoms with Crippen molar-refractivity contribution in [2.45, 2.75) is 45.4 Å². The predicted molar refractivity (Wildman–Crippen MR) is 247 cm³/mol. The molecule has 0 unspecified atom stereocenters. The molecule has 278 valence electrons. The number of aryl methyl sites for hydroxylation is 1. The van der Waals surface area contributed by atoms with Gasteiger partial charge in [-0.2, -0.15) is 0 Å². The van der Waals surface area contributed by atoms with E-state index in [-0.39, 0.29) is 10.8 Å². The lowest BCUT2D eigenvalue weighted by atomic mass is 9.82. The second kappa shape index (κ2) is 12.7. The fraction of sp³-hybridized carbons (Fsp3) is 0.123. The van der Waals surface area contributed by atoms with Crippen molar-refractivity contribution in [3.8, 4) is 44.5 Å². The molecule has 2 aliphatic carbocycles. The first-order chi connectivity index (χ1) is 28.2. The number of nitrogens with zero attached hydrogens (tertiary/aromatic N) is 1. The number of hydrogen-bond acceptors (Lipinski definition) is 1. The molecule has 2 aliphatic rings. The molecule has 0 bridgehead atoms. The van der Waals surface area contributed by atoms with Gasteiger partial charge >= 0.3 is 0 Å². The zero-order chi connectivity index (χ0) is 39.3. The Balaban J connectivity index is 1.26. The molecular weight excluding hydrogens is 699 g/mol. The molecule has 0 saturated carbocycles. The van der Waals surface area contributed by atoms with Gasteiger partial charge in [-0.3, -0.25) is 0 Å². The lowest BCUT2D eigenvalue weighted by Crippen LogP contribution is -2.18. The zero-order valence-corrected chi connectivity index (χ0v) is 33.8. The van der Waals surface area contributed by atoms with E-state index in [0.29, 0.717) is 0 Å². The molecule has 0 heterocycles. The zero-order valence-electron chi connectivity index (χ0n) is 33.8. The van der Waals surface area contributed by atoms with Crippen molar-refractivity contribution in [2.24, 2.45) is 0 Å². The largest absolute Gasteiger partial charge is 0.309 e. The maximum Gasteiger partial charge on any atom is 0.0570 e. The highest BCUT2D eigenvalue weighted by molar-refractivity contribution is 6.06. The average molecular weight is 744 g/mol. The van der Waals surface area contributed by atoms with Gasteiger partial charge in [0.05, 0.1) is 11.4 Å². The van der Waals surface area contributed by atoms with Crippen LogP contribution in [0.25, 0.3) is 66.1 Å². The predicted octanol–water partition coefficient (Wildman–Crippen LogP) is 15.7. The Labute approximate surface area is 341 Å². The van der Waals surface area contributed by atoms with E-state index < -0.39 is 0 Å². The summed E-state index contributed by atoms with van der Waals surface area (Å²) in [5.41, 5.74) is 20.2. The average Bonchev–Trinajstić information content (AvgIpc) is 3.63. The van der Waals surface area contributed by atoms with Gasteiger partial charge in [-0.1, -0.05) is 179 Å². The van der Waals surface area contributed by atoms with Crippen LogP contribution in [-0.2, 0) is 10.8 Å². The Morgan fingerprint density at radius 1 is 0.379 bits per heavy atom. The van der Waals surface area contributed by atoms with Gasteiger partial charge < -0.3 is 4.90 Å². The number of fused-ring (bicyclic) bond motifs is 8. The van der Waals surface area contributed by atoms with Crippen molar-refractivity contribution in [3.05, 3.63) is 210 Å². The Morgan fingerprint density at radius 2 is 0.897 bits per heavy atom. The SMILES string of the molecule is Cc1cc(-c2cccc3ccccc23)cc(-c2cccc3ccccc23)c1N(c1ccc2c(c1)C(C)(C)c1ccccc1-2)c1cccc2c1-c1ccccc1C2(C)C. The normalized spacial score (nSPS) is 14.2. The van der Waals surface area contributed by atoms with E-state index in [1.165, 1.54) is 105 Å². The molecule has 1 nitrogen and oxygen atoms in total. The van der Waals surface area contributed by atoms with Crippen LogP contribution in [0, 0.1) is 6.92 Å². The Morgan fingerprint density at radius 3 is 1.64 bits per heavy atom. The highest BCUT2D eigenvalue weighted by Crippen LogP contribution is 2.57. The Hall–Kier alpha value is -6.70. The summed E-state index contributed by atoms with van der Waals surface area (Å²) in [6.07, 6.45) is 0. The second-order valence-corrected chi connectivity index (χ2v) is 17.3. The van der Waals surface area contributed by atoms with Gasteiger partial charge in [0.1, 0.15) is 0 Å². The molecule has 0 atom stereocenters. The molecule has 58 heavy (non-hydrogen) atoms. The lowest BCUT2D eigenvalue weighted by Gasteiger charge is -2.33. The van der Waals surface area contributed by atoms with E-state index >= 15 is 0 Å². The van der Waals surface area contributed by atoms with Gasteiger partial charge in [-0.15, -0.1) is 0 Å². The van der Waals surface area contributed by atoms with E-state index in [2.05, 4.69) is 222 Å². The van der Waals surface area contributed by atoms with Crippen molar-refractivity contribution in [1.29, 1.82) is 0 Å². The Bertz CT molecular complexity index is 3130. The first-order valence-corrected chi connectivity index (χ1v) is 20.6. The molecule has 0 aromatic heterocycles. The quantitative estimate of drug-likeness (QED) is 0.170. The van der Waals surface area contributed by atoms with E-state index in [1.807, 2.05) is 0 Å². The Kier molecular flexibility index (Phi) is 7.53. The molecule has 0 amide bonds. The van der Waals surface area contributed by atoms with Crippen LogP contribution < -0.4 is 4.90 Å². The molecule has 1 heteroatoms. The molecule has 9 aromatic rings. The summed E-state index contributed by atoms with van der Waals surface area (Å²) >= 11 is 0. The summed E-state index contributed by atoms with van der Waals surface area (Å²) in [6.45, 7) is 11.9. The van der Waals surface area contributed by atoms with Gasteiger partial charge in [0, 0.05) is 27.6 Å². The minimum Gasteiger partial charge on any atom is -0.309 e. The van der Waals surface area contributed by atoms with Crippen LogP contribution in [0.5, 0.6) is 0 Å². The fourth-order valence-electron chi connectivity index (χ4n) is 10.5. The third kappa shape index (κ3) is 4.96. The summed E-state index contributed by atoms with van der Waals surface area (Å²) in [4.78, 5) is 2.61. The van der Waals surface area contributed by atoms with E-state index in [4.69, 9.17) is 0 Å². The lowest BCUT2D eigenvalue weighted by molar-refractivity contribution is 0.660. The van der Waals surface area contributed by atoms with Gasteiger partial charge in [-0.25, -0.2) is 0 Å².